The van der Waals surface area contributed by atoms with E-state index >= 15 is 0 Å². The first-order chi connectivity index (χ1) is 17.1. The number of primary amides is 1. The molecule has 0 radical (unpaired) electrons. The summed E-state index contributed by atoms with van der Waals surface area (Å²) in [6, 6.07) is 13.5. The van der Waals surface area contributed by atoms with Crippen LogP contribution in [0, 0.1) is 0 Å². The molecule has 0 aliphatic rings. The third-order valence-corrected chi connectivity index (χ3v) is 5.31. The summed E-state index contributed by atoms with van der Waals surface area (Å²) in [5.74, 6) is -2.88. The molecule has 0 aliphatic carbocycles. The van der Waals surface area contributed by atoms with Gasteiger partial charge in [0.15, 0.2) is 5.82 Å². The topological polar surface area (TPSA) is 176 Å². The smallest absolute Gasteiger partial charge is 0.414 e. The maximum Gasteiger partial charge on any atom is 0.414 e. The van der Waals surface area contributed by atoms with Crippen LogP contribution in [0.15, 0.2) is 53.2 Å². The molecule has 2 aromatic carbocycles. The highest BCUT2D eigenvalue weighted by Gasteiger charge is 2.11. The molecule has 11 heteroatoms. The highest BCUT2D eigenvalue weighted by Crippen LogP contribution is 2.22. The van der Waals surface area contributed by atoms with E-state index in [1.807, 2.05) is 12.1 Å². The molecule has 0 atom stereocenters. The summed E-state index contributed by atoms with van der Waals surface area (Å²) in [5.41, 5.74) is 10.3. The van der Waals surface area contributed by atoms with Crippen LogP contribution < -0.4 is 5.73 Å². The second kappa shape index (κ2) is 11.8. The molecule has 1 amide bonds. The standard InChI is InChI=1S/C23H25N5O2.C2H2O4/c1-28(2)10-9-18-14-25-20-8-5-16(11-19(18)20)13-22-26-21(27-30-22)12-15-3-6-17(7-4-15)23(24)29;3-1(4)2(5)6/h3-8,11,14,25H,9-10,12-13H2,1-2H3,(H2,24,29);(H,3,4)(H,5,6). The Labute approximate surface area is 206 Å². The number of nitrogens with two attached hydrogens (primary N) is 1. The average Bonchev–Trinajstić information content (AvgIpc) is 3.44. The van der Waals surface area contributed by atoms with Crippen molar-refractivity contribution in [1.82, 2.24) is 20.0 Å². The lowest BCUT2D eigenvalue weighted by atomic mass is 10.1. The van der Waals surface area contributed by atoms with Crippen molar-refractivity contribution in [3.8, 4) is 0 Å². The Morgan fingerprint density at radius 2 is 1.67 bits per heavy atom. The number of carbonyl (C=O) groups excluding carboxylic acids is 1. The van der Waals surface area contributed by atoms with Gasteiger partial charge in [-0.3, -0.25) is 4.79 Å². The third kappa shape index (κ3) is 7.24. The first-order valence-corrected chi connectivity index (χ1v) is 11.0. The summed E-state index contributed by atoms with van der Waals surface area (Å²) in [6.07, 6.45) is 4.21. The fourth-order valence-electron chi connectivity index (χ4n) is 3.46. The maximum atomic E-state index is 11.2. The number of amides is 1. The Morgan fingerprint density at radius 1 is 1.00 bits per heavy atom. The number of hydrogen-bond acceptors (Lipinski definition) is 7. The van der Waals surface area contributed by atoms with Crippen molar-refractivity contribution < 1.29 is 29.1 Å². The molecule has 4 aromatic rings. The van der Waals surface area contributed by atoms with E-state index in [9.17, 15) is 4.79 Å². The number of rotatable bonds is 8. The van der Waals surface area contributed by atoms with Crippen molar-refractivity contribution >= 4 is 28.7 Å². The number of likely N-dealkylation sites (N-methyl/N-ethyl adjacent to an activating group) is 1. The van der Waals surface area contributed by atoms with Crippen LogP contribution in [0.1, 0.15) is 38.8 Å². The van der Waals surface area contributed by atoms with E-state index in [0.29, 0.717) is 30.1 Å². The van der Waals surface area contributed by atoms with Crippen LogP contribution in [0.25, 0.3) is 10.9 Å². The molecule has 0 saturated heterocycles. The number of nitrogens with zero attached hydrogens (tertiary/aromatic N) is 3. The molecule has 4 rings (SSSR count). The normalized spacial score (nSPS) is 10.8. The molecule has 0 unspecified atom stereocenters. The van der Waals surface area contributed by atoms with E-state index in [4.69, 9.17) is 30.1 Å². The number of fused-ring (bicyclic) bond motifs is 1. The van der Waals surface area contributed by atoms with E-state index < -0.39 is 17.8 Å². The number of carboxylic acids is 2. The number of H-pyrrole nitrogens is 1. The minimum atomic E-state index is -1.82. The van der Waals surface area contributed by atoms with E-state index in [-0.39, 0.29) is 0 Å². The van der Waals surface area contributed by atoms with Gasteiger partial charge in [0.25, 0.3) is 0 Å². The summed E-state index contributed by atoms with van der Waals surface area (Å²) in [7, 11) is 4.17. The Kier molecular flexibility index (Phi) is 8.52. The van der Waals surface area contributed by atoms with Gasteiger partial charge in [-0.2, -0.15) is 4.98 Å². The molecular formula is C25H27N5O6. The van der Waals surface area contributed by atoms with E-state index in [1.54, 1.807) is 12.1 Å². The molecule has 0 spiro atoms. The molecular weight excluding hydrogens is 466 g/mol. The van der Waals surface area contributed by atoms with Crippen LogP contribution in [0.4, 0.5) is 0 Å². The summed E-state index contributed by atoms with van der Waals surface area (Å²) in [6.45, 7) is 1.00. The van der Waals surface area contributed by atoms with E-state index in [2.05, 4.69) is 58.5 Å². The van der Waals surface area contributed by atoms with Gasteiger partial charge in [-0.05, 0) is 61.5 Å². The van der Waals surface area contributed by atoms with Crippen LogP contribution in [0.2, 0.25) is 0 Å². The first-order valence-electron chi connectivity index (χ1n) is 11.0. The average molecular weight is 494 g/mol. The summed E-state index contributed by atoms with van der Waals surface area (Å²) in [5, 5.41) is 20.1. The SMILES string of the molecule is CN(C)CCc1c[nH]c2ccc(Cc3nc(Cc4ccc(C(N)=O)cc4)no3)cc12.O=C(O)C(=O)O. The van der Waals surface area contributed by atoms with Crippen molar-refractivity contribution in [1.29, 1.82) is 0 Å². The van der Waals surface area contributed by atoms with Gasteiger partial charge in [-0.15, -0.1) is 0 Å². The number of carbonyl (C=O) groups is 3. The van der Waals surface area contributed by atoms with Crippen molar-refractivity contribution in [2.75, 3.05) is 20.6 Å². The van der Waals surface area contributed by atoms with Gasteiger partial charge >= 0.3 is 11.9 Å². The summed E-state index contributed by atoms with van der Waals surface area (Å²) in [4.78, 5) is 39.4. The molecule has 188 valence electrons. The fraction of sp³-hybridized carbons (Fsp3) is 0.240. The van der Waals surface area contributed by atoms with Crippen molar-refractivity contribution in [2.45, 2.75) is 19.3 Å². The molecule has 11 nitrogen and oxygen atoms in total. The zero-order valence-corrected chi connectivity index (χ0v) is 19.9. The number of carboxylic acid groups (broad SMARTS) is 2. The Balaban J connectivity index is 0.000000538. The Morgan fingerprint density at radius 3 is 2.28 bits per heavy atom. The van der Waals surface area contributed by atoms with Gasteiger partial charge in [-0.1, -0.05) is 23.4 Å². The van der Waals surface area contributed by atoms with Crippen molar-refractivity contribution in [2.24, 2.45) is 5.73 Å². The van der Waals surface area contributed by atoms with Crippen LogP contribution >= 0.6 is 0 Å². The van der Waals surface area contributed by atoms with Crippen molar-refractivity contribution in [3.63, 3.8) is 0 Å². The first kappa shape index (κ1) is 26.1. The molecule has 5 N–H and O–H groups in total. The van der Waals surface area contributed by atoms with Crippen LogP contribution in [-0.2, 0) is 28.9 Å². The minimum Gasteiger partial charge on any atom is -0.473 e. The minimum absolute atomic E-state index is 0.437. The highest BCUT2D eigenvalue weighted by molar-refractivity contribution is 6.27. The zero-order chi connectivity index (χ0) is 26.2. The van der Waals surface area contributed by atoms with Gasteiger partial charge in [0.1, 0.15) is 0 Å². The number of nitrogens with one attached hydrogen (secondary N) is 1. The maximum absolute atomic E-state index is 11.2. The fourth-order valence-corrected chi connectivity index (χ4v) is 3.46. The molecule has 0 bridgehead atoms. The predicted molar refractivity (Wildman–Crippen MR) is 131 cm³/mol. The van der Waals surface area contributed by atoms with Gasteiger partial charge < -0.3 is 30.4 Å². The molecule has 0 aliphatic heterocycles. The quantitative estimate of drug-likeness (QED) is 0.268. The monoisotopic (exact) mass is 493 g/mol. The number of aromatic amines is 1. The molecule has 2 heterocycles. The summed E-state index contributed by atoms with van der Waals surface area (Å²) >= 11 is 0. The van der Waals surface area contributed by atoms with Gasteiger partial charge in [0, 0.05) is 35.6 Å². The second-order valence-corrected chi connectivity index (χ2v) is 8.38. The largest absolute Gasteiger partial charge is 0.473 e. The number of benzene rings is 2. The predicted octanol–water partition coefficient (Wildman–Crippen LogP) is 2.09. The van der Waals surface area contributed by atoms with Gasteiger partial charge in [0.2, 0.25) is 11.8 Å². The number of aliphatic carboxylic acids is 2. The van der Waals surface area contributed by atoms with E-state index in [0.717, 1.165) is 29.6 Å². The van der Waals surface area contributed by atoms with Gasteiger partial charge in [0.05, 0.1) is 6.42 Å². The lowest BCUT2D eigenvalue weighted by Gasteiger charge is -2.08. The highest BCUT2D eigenvalue weighted by atomic mass is 16.5. The molecule has 2 aromatic heterocycles. The molecule has 36 heavy (non-hydrogen) atoms. The van der Waals surface area contributed by atoms with Crippen LogP contribution in [0.3, 0.4) is 0 Å². The number of hydrogen-bond donors (Lipinski definition) is 4. The lowest BCUT2D eigenvalue weighted by Crippen LogP contribution is -2.14. The zero-order valence-electron chi connectivity index (χ0n) is 19.9. The number of aromatic nitrogens is 3. The van der Waals surface area contributed by atoms with Crippen molar-refractivity contribution in [3.05, 3.63) is 82.6 Å². The molecule has 0 saturated carbocycles. The van der Waals surface area contributed by atoms with Gasteiger partial charge in [-0.25, -0.2) is 9.59 Å². The lowest BCUT2D eigenvalue weighted by molar-refractivity contribution is -0.159. The van der Waals surface area contributed by atoms with E-state index in [1.165, 1.54) is 10.9 Å². The Bertz CT molecular complexity index is 1350. The third-order valence-electron chi connectivity index (χ3n) is 5.31. The molecule has 0 fully saturated rings. The van der Waals surface area contributed by atoms with Crippen LogP contribution in [-0.4, -0.2) is 68.7 Å². The Hall–Kier alpha value is -4.51. The second-order valence-electron chi connectivity index (χ2n) is 8.38. The summed E-state index contributed by atoms with van der Waals surface area (Å²) < 4.78 is 5.46. The van der Waals surface area contributed by atoms with Crippen LogP contribution in [0.5, 0.6) is 0 Å².